The Bertz CT molecular complexity index is 948. The van der Waals surface area contributed by atoms with Crippen molar-refractivity contribution < 1.29 is 17.6 Å². The molecule has 3 nitrogen and oxygen atoms in total. The summed E-state index contributed by atoms with van der Waals surface area (Å²) in [4.78, 5) is 9.43. The Morgan fingerprint density at radius 2 is 0.967 bits per heavy atom. The van der Waals surface area contributed by atoms with Crippen molar-refractivity contribution in [2.75, 3.05) is 0 Å². The van der Waals surface area contributed by atoms with E-state index >= 15 is 0 Å². The molecule has 0 aliphatic rings. The fourth-order valence-corrected chi connectivity index (χ4v) is 3.25. The van der Waals surface area contributed by atoms with Crippen LogP contribution in [0.2, 0.25) is 0 Å². The molecule has 1 heterocycles. The second-order valence-corrected chi connectivity index (χ2v) is 9.12. The van der Waals surface area contributed by atoms with Crippen LogP contribution in [-0.2, 0) is 13.1 Å². The summed E-state index contributed by atoms with van der Waals surface area (Å²) in [6.45, 7) is 12.3. The number of furan rings is 1. The Morgan fingerprint density at radius 1 is 0.667 bits per heavy atom. The third-order valence-electron chi connectivity index (χ3n) is 4.33. The van der Waals surface area contributed by atoms with Gasteiger partial charge in [-0.05, 0) is 100 Å². The van der Waals surface area contributed by atoms with E-state index in [1.54, 1.807) is 0 Å². The fraction of sp³-hybridized carbons (Fsp3) is 0.250. The molecule has 0 radical (unpaired) electrons. The van der Waals surface area contributed by atoms with Gasteiger partial charge in [-0.15, -0.1) is 0 Å². The molecule has 3 aromatic rings. The third kappa shape index (κ3) is 7.45. The van der Waals surface area contributed by atoms with Gasteiger partial charge in [0.2, 0.25) is 0 Å². The van der Waals surface area contributed by atoms with E-state index < -0.39 is 0 Å². The van der Waals surface area contributed by atoms with Gasteiger partial charge in [-0.25, -0.2) is 9.98 Å². The zero-order chi connectivity index (χ0) is 22.3. The quantitative estimate of drug-likeness (QED) is 0.271. The minimum absolute atomic E-state index is 0.194. The van der Waals surface area contributed by atoms with Gasteiger partial charge in [-0.1, -0.05) is 12.1 Å². The normalized spacial score (nSPS) is 12.0. The molecule has 0 atom stereocenters. The summed E-state index contributed by atoms with van der Waals surface area (Å²) in [6.07, 6.45) is 0. The number of benzene rings is 2. The molecule has 160 valence electrons. The van der Waals surface area contributed by atoms with Crippen molar-refractivity contribution in [3.05, 3.63) is 82.3 Å². The third-order valence-corrected chi connectivity index (χ3v) is 4.33. The summed E-state index contributed by atoms with van der Waals surface area (Å²) < 4.78 is 6.01. The van der Waals surface area contributed by atoms with Crippen molar-refractivity contribution in [1.29, 1.82) is 0 Å². The van der Waals surface area contributed by atoms with E-state index in [1.165, 1.54) is 22.3 Å². The van der Waals surface area contributed by atoms with Crippen LogP contribution in [0.4, 0.5) is 11.4 Å². The number of hydrogen-bond acceptors (Lipinski definition) is 3. The maximum absolute atomic E-state index is 6.01. The van der Waals surface area contributed by atoms with Gasteiger partial charge in [0.05, 0.1) is 22.8 Å². The predicted octanol–water partition coefficient (Wildman–Crippen LogP) is 8.17. The van der Waals surface area contributed by atoms with Crippen LogP contribution >= 0.6 is 20.2 Å². The van der Waals surface area contributed by atoms with Crippen molar-refractivity contribution in [1.82, 2.24) is 0 Å². The second-order valence-electron chi connectivity index (χ2n) is 7.30. The fourth-order valence-electron chi connectivity index (χ4n) is 3.25. The van der Waals surface area contributed by atoms with Crippen molar-refractivity contribution in [2.24, 2.45) is 9.98 Å². The molecule has 0 aliphatic heterocycles. The van der Waals surface area contributed by atoms with E-state index in [4.69, 9.17) is 34.6 Å². The molecule has 0 unspecified atom stereocenters. The van der Waals surface area contributed by atoms with Gasteiger partial charge in [-0.2, -0.15) is 0 Å². The zero-order valence-electron chi connectivity index (χ0n) is 18.0. The number of rotatable bonds is 4. The van der Waals surface area contributed by atoms with Crippen LogP contribution in [0.15, 0.2) is 62.9 Å². The average molecular weight is 485 g/mol. The molecular formula is C24H26Cl2FeN2O. The zero-order valence-corrected chi connectivity index (χ0v) is 20.6. The van der Waals surface area contributed by atoms with Crippen LogP contribution in [0, 0.1) is 27.7 Å². The Labute approximate surface area is 193 Å². The van der Waals surface area contributed by atoms with E-state index in [0.29, 0.717) is 0 Å². The first-order valence-corrected chi connectivity index (χ1v) is 12.5. The summed E-state index contributed by atoms with van der Waals surface area (Å²) >= 11 is 0.194. The van der Waals surface area contributed by atoms with E-state index in [1.807, 2.05) is 26.0 Å². The Hall–Kier alpha value is -1.84. The van der Waals surface area contributed by atoms with Crippen molar-refractivity contribution in [2.45, 2.75) is 41.5 Å². The van der Waals surface area contributed by atoms with Gasteiger partial charge in [0, 0.05) is 0 Å². The van der Waals surface area contributed by atoms with E-state index in [-0.39, 0.29) is 13.1 Å². The molecule has 0 saturated heterocycles. The Kier molecular flexibility index (Phi) is 9.38. The van der Waals surface area contributed by atoms with Gasteiger partial charge in [0.1, 0.15) is 11.5 Å². The number of aryl methyl sites for hydroxylation is 4. The van der Waals surface area contributed by atoms with Crippen LogP contribution < -0.4 is 0 Å². The van der Waals surface area contributed by atoms with E-state index in [2.05, 4.69) is 64.1 Å². The number of aliphatic imine (C=N–C) groups is 2. The number of halogens is 2. The van der Waals surface area contributed by atoms with Gasteiger partial charge < -0.3 is 4.42 Å². The van der Waals surface area contributed by atoms with Crippen molar-refractivity contribution in [3.63, 3.8) is 0 Å². The van der Waals surface area contributed by atoms with Gasteiger partial charge >= 0.3 is 33.3 Å². The maximum atomic E-state index is 6.01. The molecule has 30 heavy (non-hydrogen) atoms. The minimum atomic E-state index is 0.194. The molecule has 0 N–H and O–H groups in total. The first-order chi connectivity index (χ1) is 14.2. The van der Waals surface area contributed by atoms with E-state index in [9.17, 15) is 0 Å². The summed E-state index contributed by atoms with van der Waals surface area (Å²) in [5, 5.41) is 0. The summed E-state index contributed by atoms with van der Waals surface area (Å²) in [5.41, 5.74) is 8.43. The molecule has 0 bridgehead atoms. The molecule has 0 fully saturated rings. The molecule has 3 rings (SSSR count). The standard InChI is InChI=1S/C24H26N2O.2ClH.Fe/c1-15-9-16(2)12-21(11-15)25-19(5)23-7-8-24(27-23)20(6)26-22-13-17(3)10-18(4)14-22;;;/h7-14H,1-6H3;2*1H;/q;;;+2/p-2. The molecule has 1 aromatic heterocycles. The first kappa shape index (κ1) is 24.4. The topological polar surface area (TPSA) is 37.9 Å². The van der Waals surface area contributed by atoms with Crippen LogP contribution in [0.1, 0.15) is 47.6 Å². The molecule has 0 spiro atoms. The summed E-state index contributed by atoms with van der Waals surface area (Å²) in [5.74, 6) is 1.53. The predicted molar refractivity (Wildman–Crippen MR) is 126 cm³/mol. The number of hydrogen-bond donors (Lipinski definition) is 0. The van der Waals surface area contributed by atoms with Gasteiger partial charge in [0.15, 0.2) is 0 Å². The van der Waals surface area contributed by atoms with Crippen LogP contribution in [0.25, 0.3) is 0 Å². The molecule has 0 saturated carbocycles. The Morgan fingerprint density at radius 3 is 1.27 bits per heavy atom. The molecule has 2 aromatic carbocycles. The van der Waals surface area contributed by atoms with Crippen molar-refractivity contribution >= 4 is 43.0 Å². The van der Waals surface area contributed by atoms with E-state index in [0.717, 1.165) is 34.3 Å². The van der Waals surface area contributed by atoms with Crippen LogP contribution in [0.5, 0.6) is 0 Å². The van der Waals surface area contributed by atoms with Crippen molar-refractivity contribution in [3.8, 4) is 0 Å². The summed E-state index contributed by atoms with van der Waals surface area (Å²) in [7, 11) is 9.53. The molecule has 0 amide bonds. The van der Waals surface area contributed by atoms with Gasteiger partial charge in [0.25, 0.3) is 0 Å². The monoisotopic (exact) mass is 484 g/mol. The molecule has 0 aliphatic carbocycles. The first-order valence-electron chi connectivity index (χ1n) is 9.44. The molecule has 6 heteroatoms. The van der Waals surface area contributed by atoms with Crippen LogP contribution in [-0.4, -0.2) is 11.4 Å². The second kappa shape index (κ2) is 11.5. The Balaban J connectivity index is 0.00000101. The number of nitrogens with zero attached hydrogens (tertiary/aromatic N) is 2. The van der Waals surface area contributed by atoms with Gasteiger partial charge in [-0.3, -0.25) is 0 Å². The van der Waals surface area contributed by atoms with Crippen LogP contribution in [0.3, 0.4) is 0 Å². The average Bonchev–Trinajstić information content (AvgIpc) is 3.11. The SMILES string of the molecule is CC(=Nc1cc(C)cc(C)c1)c1ccc(C(C)=Nc2cc(C)cc(C)c2)o1.[Cl][Fe][Cl]. The summed E-state index contributed by atoms with van der Waals surface area (Å²) in [6, 6.07) is 16.5. The molecular weight excluding hydrogens is 459 g/mol.